The molecular weight excluding hydrogens is 359 g/mol. The number of nitrogens with one attached hydrogen (secondary N) is 1. The first-order valence-electron chi connectivity index (χ1n) is 8.75. The maximum atomic E-state index is 12.4. The zero-order valence-electron chi connectivity index (χ0n) is 14.1. The second-order valence-corrected chi connectivity index (χ2v) is 7.49. The third kappa shape index (κ3) is 4.56. The fourth-order valence-electron chi connectivity index (χ4n) is 3.43. The van der Waals surface area contributed by atoms with Crippen LogP contribution in [0, 0.1) is 5.92 Å². The molecule has 0 radical (unpaired) electrons. The van der Waals surface area contributed by atoms with Crippen molar-refractivity contribution in [1.82, 2.24) is 5.32 Å². The van der Waals surface area contributed by atoms with E-state index < -0.39 is 0 Å². The van der Waals surface area contributed by atoms with Gasteiger partial charge in [0.25, 0.3) is 0 Å². The highest BCUT2D eigenvalue weighted by Crippen LogP contribution is 2.33. The lowest BCUT2D eigenvalue weighted by atomic mass is 9.97. The van der Waals surface area contributed by atoms with Crippen LogP contribution in [-0.2, 0) is 9.59 Å². The average molecular weight is 381 g/mol. The molecule has 1 heterocycles. The second kappa shape index (κ2) is 8.24. The van der Waals surface area contributed by atoms with Crippen molar-refractivity contribution in [3.05, 3.63) is 39.9 Å². The van der Waals surface area contributed by atoms with Gasteiger partial charge >= 0.3 is 0 Å². The molecule has 6 heteroatoms. The number of benzene rings is 1. The summed E-state index contributed by atoms with van der Waals surface area (Å²) in [4.78, 5) is 26.3. The van der Waals surface area contributed by atoms with E-state index in [2.05, 4.69) is 11.4 Å². The summed E-state index contributed by atoms with van der Waals surface area (Å²) in [5, 5.41) is 3.95. The first-order valence-corrected chi connectivity index (χ1v) is 9.51. The van der Waals surface area contributed by atoms with Crippen LogP contribution in [0.3, 0.4) is 0 Å². The van der Waals surface area contributed by atoms with E-state index in [-0.39, 0.29) is 24.2 Å². The predicted octanol–water partition coefficient (Wildman–Crippen LogP) is 4.35. The molecule has 2 amide bonds. The molecule has 1 aliphatic heterocycles. The minimum Gasteiger partial charge on any atom is -0.355 e. The quantitative estimate of drug-likeness (QED) is 0.771. The van der Waals surface area contributed by atoms with E-state index >= 15 is 0 Å². The normalized spacial score (nSPS) is 20.6. The molecule has 1 aliphatic carbocycles. The topological polar surface area (TPSA) is 49.4 Å². The van der Waals surface area contributed by atoms with Crippen molar-refractivity contribution in [3.8, 4) is 0 Å². The third-order valence-electron chi connectivity index (χ3n) is 4.83. The number of anilines is 1. The van der Waals surface area contributed by atoms with Gasteiger partial charge in [-0.3, -0.25) is 9.59 Å². The van der Waals surface area contributed by atoms with Crippen LogP contribution < -0.4 is 10.2 Å². The summed E-state index contributed by atoms with van der Waals surface area (Å²) in [6, 6.07) is 5.01. The van der Waals surface area contributed by atoms with E-state index in [1.54, 1.807) is 23.1 Å². The number of carbonyl (C=O) groups excluding carboxylic acids is 2. The van der Waals surface area contributed by atoms with E-state index in [0.717, 1.165) is 19.3 Å². The molecule has 1 saturated heterocycles. The SMILES string of the molecule is O=C(NCCC1=CCCCC1)C1CC(=O)N(c2cc(Cl)ccc2Cl)C1. The van der Waals surface area contributed by atoms with Gasteiger partial charge in [-0.1, -0.05) is 34.9 Å². The lowest BCUT2D eigenvalue weighted by Gasteiger charge is -2.18. The molecule has 1 fully saturated rings. The Hall–Kier alpha value is -1.52. The number of allylic oxidation sites excluding steroid dienone is 1. The van der Waals surface area contributed by atoms with Crippen molar-refractivity contribution in [2.45, 2.75) is 38.5 Å². The molecule has 134 valence electrons. The summed E-state index contributed by atoms with van der Waals surface area (Å²) in [6.45, 7) is 0.973. The van der Waals surface area contributed by atoms with Crippen LogP contribution in [0.25, 0.3) is 0 Å². The van der Waals surface area contributed by atoms with Crippen LogP contribution in [0.2, 0.25) is 10.0 Å². The lowest BCUT2D eigenvalue weighted by molar-refractivity contribution is -0.126. The first kappa shape index (κ1) is 18.3. The number of amides is 2. The highest BCUT2D eigenvalue weighted by Gasteiger charge is 2.35. The van der Waals surface area contributed by atoms with Gasteiger partial charge in [-0.2, -0.15) is 0 Å². The van der Waals surface area contributed by atoms with E-state index in [0.29, 0.717) is 28.8 Å². The Kier molecular flexibility index (Phi) is 6.02. The van der Waals surface area contributed by atoms with Gasteiger partial charge in [0.1, 0.15) is 0 Å². The number of halogens is 2. The van der Waals surface area contributed by atoms with Crippen molar-refractivity contribution >= 4 is 40.7 Å². The minimum atomic E-state index is -0.345. The van der Waals surface area contributed by atoms with Gasteiger partial charge in [0, 0.05) is 24.5 Å². The molecule has 1 atom stereocenters. The van der Waals surface area contributed by atoms with Gasteiger partial charge in [0.15, 0.2) is 0 Å². The zero-order valence-corrected chi connectivity index (χ0v) is 15.6. The summed E-state index contributed by atoms with van der Waals surface area (Å²) in [5.41, 5.74) is 2.00. The number of nitrogens with zero attached hydrogens (tertiary/aromatic N) is 1. The van der Waals surface area contributed by atoms with Gasteiger partial charge in [0.2, 0.25) is 11.8 Å². The number of hydrogen-bond donors (Lipinski definition) is 1. The molecule has 2 aliphatic rings. The monoisotopic (exact) mass is 380 g/mol. The summed E-state index contributed by atoms with van der Waals surface area (Å²) in [5.74, 6) is -0.507. The predicted molar refractivity (Wildman–Crippen MR) is 101 cm³/mol. The van der Waals surface area contributed by atoms with Gasteiger partial charge in [-0.15, -0.1) is 0 Å². The zero-order chi connectivity index (χ0) is 17.8. The van der Waals surface area contributed by atoms with Crippen LogP contribution in [0.4, 0.5) is 5.69 Å². The van der Waals surface area contributed by atoms with Crippen molar-refractivity contribution in [3.63, 3.8) is 0 Å². The maximum absolute atomic E-state index is 12.4. The fraction of sp³-hybridized carbons (Fsp3) is 0.474. The largest absolute Gasteiger partial charge is 0.355 e. The second-order valence-electron chi connectivity index (χ2n) is 6.65. The summed E-state index contributed by atoms with van der Waals surface area (Å²) in [6.07, 6.45) is 8.19. The number of hydrogen-bond acceptors (Lipinski definition) is 2. The maximum Gasteiger partial charge on any atom is 0.227 e. The van der Waals surface area contributed by atoms with Crippen LogP contribution in [0.15, 0.2) is 29.8 Å². The van der Waals surface area contributed by atoms with Crippen LogP contribution in [0.1, 0.15) is 38.5 Å². The Bertz CT molecular complexity index is 703. The molecule has 0 saturated carbocycles. The molecule has 1 aromatic carbocycles. The standard InChI is InChI=1S/C19H22Cl2N2O2/c20-15-6-7-16(21)17(11-15)23-12-14(10-18(23)24)19(25)22-9-8-13-4-2-1-3-5-13/h4,6-7,11,14H,1-3,5,8-10,12H2,(H,22,25). The van der Waals surface area contributed by atoms with Gasteiger partial charge in [0.05, 0.1) is 16.6 Å². The Labute approximate surface area is 158 Å². The first-order chi connectivity index (χ1) is 12.0. The number of rotatable bonds is 5. The van der Waals surface area contributed by atoms with Crippen molar-refractivity contribution < 1.29 is 9.59 Å². The minimum absolute atomic E-state index is 0.0644. The molecular formula is C19H22Cl2N2O2. The van der Waals surface area contributed by atoms with Gasteiger partial charge in [-0.05, 0) is 50.3 Å². The fourth-order valence-corrected chi connectivity index (χ4v) is 3.82. The molecule has 0 aromatic heterocycles. The highest BCUT2D eigenvalue weighted by atomic mass is 35.5. The van der Waals surface area contributed by atoms with Gasteiger partial charge < -0.3 is 10.2 Å². The van der Waals surface area contributed by atoms with Crippen LogP contribution in [0.5, 0.6) is 0 Å². The van der Waals surface area contributed by atoms with Crippen molar-refractivity contribution in [2.75, 3.05) is 18.0 Å². The smallest absolute Gasteiger partial charge is 0.227 e. The summed E-state index contributed by atoms with van der Waals surface area (Å²) in [7, 11) is 0. The molecule has 3 rings (SSSR count). The highest BCUT2D eigenvalue weighted by molar-refractivity contribution is 6.35. The van der Waals surface area contributed by atoms with E-state index in [4.69, 9.17) is 23.2 Å². The molecule has 0 spiro atoms. The van der Waals surface area contributed by atoms with Crippen LogP contribution >= 0.6 is 23.2 Å². The molecule has 0 bridgehead atoms. The van der Waals surface area contributed by atoms with E-state index in [1.807, 2.05) is 0 Å². The van der Waals surface area contributed by atoms with Crippen molar-refractivity contribution in [2.24, 2.45) is 5.92 Å². The molecule has 4 nitrogen and oxygen atoms in total. The van der Waals surface area contributed by atoms with E-state index in [9.17, 15) is 9.59 Å². The van der Waals surface area contributed by atoms with Crippen LogP contribution in [-0.4, -0.2) is 24.9 Å². The Morgan fingerprint density at radius 2 is 2.12 bits per heavy atom. The lowest BCUT2D eigenvalue weighted by Crippen LogP contribution is -2.33. The van der Waals surface area contributed by atoms with E-state index in [1.165, 1.54) is 18.4 Å². The molecule has 1 aromatic rings. The Balaban J connectivity index is 1.55. The summed E-state index contributed by atoms with van der Waals surface area (Å²) >= 11 is 12.2. The molecule has 1 unspecified atom stereocenters. The third-order valence-corrected chi connectivity index (χ3v) is 5.38. The summed E-state index contributed by atoms with van der Waals surface area (Å²) < 4.78 is 0. The molecule has 1 N–H and O–H groups in total. The Morgan fingerprint density at radius 3 is 2.88 bits per heavy atom. The average Bonchev–Trinajstić information content (AvgIpc) is 3.00. The Morgan fingerprint density at radius 1 is 1.28 bits per heavy atom. The van der Waals surface area contributed by atoms with Gasteiger partial charge in [-0.25, -0.2) is 0 Å². The molecule has 25 heavy (non-hydrogen) atoms. The number of carbonyl (C=O) groups is 2. The van der Waals surface area contributed by atoms with Crippen molar-refractivity contribution in [1.29, 1.82) is 0 Å².